The Morgan fingerprint density at radius 2 is 2.11 bits per heavy atom. The Hall–Kier alpha value is -1.34. The summed E-state index contributed by atoms with van der Waals surface area (Å²) in [6.45, 7) is -1.32. The highest BCUT2D eigenvalue weighted by Gasteiger charge is 2.27. The maximum atomic E-state index is 11.9. The third kappa shape index (κ3) is 3.11. The number of ether oxygens (including phenoxy) is 1. The first kappa shape index (κ1) is 13.1. The first-order valence-corrected chi connectivity index (χ1v) is 6.06. The Labute approximate surface area is 104 Å². The van der Waals surface area contributed by atoms with Crippen LogP contribution in [0.3, 0.4) is 0 Å². The lowest BCUT2D eigenvalue weighted by atomic mass is 10.3. The van der Waals surface area contributed by atoms with Crippen LogP contribution in [0.25, 0.3) is 10.1 Å². The molecule has 2 heterocycles. The van der Waals surface area contributed by atoms with Crippen molar-refractivity contribution in [1.82, 2.24) is 4.57 Å². The fraction of sp³-hybridized carbons (Fsp3) is 0.364. The number of thiophene rings is 1. The van der Waals surface area contributed by atoms with E-state index in [1.54, 1.807) is 23.7 Å². The van der Waals surface area contributed by atoms with Crippen molar-refractivity contribution in [2.24, 2.45) is 0 Å². The zero-order valence-corrected chi connectivity index (χ0v) is 10.1. The van der Waals surface area contributed by atoms with Gasteiger partial charge in [-0.1, -0.05) is 0 Å². The van der Waals surface area contributed by atoms with E-state index >= 15 is 0 Å². The number of nitrogens with zero attached hydrogens (tertiary/aromatic N) is 1. The molecular weight excluding hydrogens is 267 g/mol. The fourth-order valence-corrected chi connectivity index (χ4v) is 2.31. The molecule has 0 atom stereocenters. The molecule has 0 spiro atoms. The van der Waals surface area contributed by atoms with Gasteiger partial charge < -0.3 is 9.30 Å². The quantitative estimate of drug-likeness (QED) is 0.804. The summed E-state index contributed by atoms with van der Waals surface area (Å²) in [5.41, 5.74) is -0.204. The van der Waals surface area contributed by atoms with E-state index in [0.29, 0.717) is 5.39 Å². The average Bonchev–Trinajstić information content (AvgIpc) is 2.74. The van der Waals surface area contributed by atoms with Crippen molar-refractivity contribution in [3.8, 4) is 0 Å². The van der Waals surface area contributed by atoms with Crippen molar-refractivity contribution in [3.63, 3.8) is 0 Å². The maximum absolute atomic E-state index is 11.9. The van der Waals surface area contributed by atoms with Crippen molar-refractivity contribution in [2.75, 3.05) is 13.2 Å². The minimum Gasteiger partial charge on any atom is -0.370 e. The molecule has 7 heteroatoms. The SMILES string of the molecule is O=c1c2ccsc2ccn1CCOCC(F)(F)F. The summed E-state index contributed by atoms with van der Waals surface area (Å²) >= 11 is 1.45. The molecule has 3 nitrogen and oxygen atoms in total. The number of rotatable bonds is 4. The lowest BCUT2D eigenvalue weighted by molar-refractivity contribution is -0.174. The van der Waals surface area contributed by atoms with Crippen LogP contribution in [-0.2, 0) is 11.3 Å². The predicted molar refractivity (Wildman–Crippen MR) is 63.0 cm³/mol. The highest BCUT2D eigenvalue weighted by molar-refractivity contribution is 7.17. The first-order chi connectivity index (χ1) is 8.47. The van der Waals surface area contributed by atoms with Crippen molar-refractivity contribution in [2.45, 2.75) is 12.7 Å². The Bertz CT molecular complexity index is 588. The van der Waals surface area contributed by atoms with Crippen molar-refractivity contribution >= 4 is 21.4 Å². The van der Waals surface area contributed by atoms with E-state index in [0.717, 1.165) is 4.70 Å². The summed E-state index contributed by atoms with van der Waals surface area (Å²) in [6, 6.07) is 3.47. The Morgan fingerprint density at radius 3 is 2.83 bits per heavy atom. The van der Waals surface area contributed by atoms with E-state index in [-0.39, 0.29) is 18.7 Å². The molecule has 0 aliphatic heterocycles. The minimum absolute atomic E-state index is 0.112. The number of hydrogen-bond acceptors (Lipinski definition) is 3. The van der Waals surface area contributed by atoms with Gasteiger partial charge in [0.1, 0.15) is 6.61 Å². The highest BCUT2D eigenvalue weighted by Crippen LogP contribution is 2.16. The molecule has 98 valence electrons. The molecule has 0 amide bonds. The van der Waals surface area contributed by atoms with Gasteiger partial charge in [0.25, 0.3) is 5.56 Å². The second-order valence-corrected chi connectivity index (χ2v) is 4.63. The van der Waals surface area contributed by atoms with Gasteiger partial charge in [0, 0.05) is 17.4 Å². The third-order valence-corrected chi connectivity index (χ3v) is 3.22. The molecule has 2 aromatic heterocycles. The number of halogens is 3. The molecule has 18 heavy (non-hydrogen) atoms. The van der Waals surface area contributed by atoms with Crippen LogP contribution in [0.1, 0.15) is 0 Å². The summed E-state index contributed by atoms with van der Waals surface area (Å²) in [4.78, 5) is 11.9. The van der Waals surface area contributed by atoms with Crippen LogP contribution < -0.4 is 5.56 Å². The normalized spacial score (nSPS) is 12.2. The van der Waals surface area contributed by atoms with Gasteiger partial charge in [-0.15, -0.1) is 11.3 Å². The number of fused-ring (bicyclic) bond motifs is 1. The summed E-state index contributed by atoms with van der Waals surface area (Å²) in [7, 11) is 0. The Kier molecular flexibility index (Phi) is 3.72. The predicted octanol–water partition coefficient (Wildman–Crippen LogP) is 2.64. The van der Waals surface area contributed by atoms with Crippen molar-refractivity contribution in [1.29, 1.82) is 0 Å². The van der Waals surface area contributed by atoms with E-state index in [1.807, 2.05) is 0 Å². The van der Waals surface area contributed by atoms with Gasteiger partial charge >= 0.3 is 6.18 Å². The van der Waals surface area contributed by atoms with Gasteiger partial charge in [-0.2, -0.15) is 13.2 Å². The molecule has 0 aromatic carbocycles. The summed E-state index contributed by atoms with van der Waals surface area (Å²) < 4.78 is 42.2. The average molecular weight is 277 g/mol. The van der Waals surface area contributed by atoms with Gasteiger partial charge in [0.15, 0.2) is 0 Å². The second-order valence-electron chi connectivity index (χ2n) is 3.68. The summed E-state index contributed by atoms with van der Waals surface area (Å²) in [5.74, 6) is 0. The molecule has 0 saturated carbocycles. The van der Waals surface area contributed by atoms with Crippen LogP contribution in [0.2, 0.25) is 0 Å². The van der Waals surface area contributed by atoms with Crippen LogP contribution in [0.4, 0.5) is 13.2 Å². The maximum Gasteiger partial charge on any atom is 0.411 e. The molecule has 0 saturated heterocycles. The third-order valence-electron chi connectivity index (χ3n) is 2.33. The molecule has 0 aliphatic carbocycles. The molecule has 2 aromatic rings. The van der Waals surface area contributed by atoms with E-state index in [4.69, 9.17) is 0 Å². The van der Waals surface area contributed by atoms with Crippen LogP contribution in [0.5, 0.6) is 0 Å². The Balaban J connectivity index is 2.00. The van der Waals surface area contributed by atoms with Crippen LogP contribution in [0.15, 0.2) is 28.5 Å². The van der Waals surface area contributed by atoms with Gasteiger partial charge in [-0.25, -0.2) is 0 Å². The molecule has 0 aliphatic rings. The molecule has 0 radical (unpaired) electrons. The van der Waals surface area contributed by atoms with Gasteiger partial charge in [0.2, 0.25) is 0 Å². The number of pyridine rings is 1. The van der Waals surface area contributed by atoms with Gasteiger partial charge in [0.05, 0.1) is 12.0 Å². The van der Waals surface area contributed by atoms with Crippen LogP contribution in [0, 0.1) is 0 Å². The van der Waals surface area contributed by atoms with Crippen molar-refractivity contribution in [3.05, 3.63) is 34.1 Å². The number of alkyl halides is 3. The second kappa shape index (κ2) is 5.11. The van der Waals surface area contributed by atoms with E-state index in [1.165, 1.54) is 15.9 Å². The molecule has 0 fully saturated rings. The topological polar surface area (TPSA) is 31.2 Å². The molecule has 0 unspecified atom stereocenters. The van der Waals surface area contributed by atoms with E-state index < -0.39 is 12.8 Å². The molecule has 0 bridgehead atoms. The van der Waals surface area contributed by atoms with Gasteiger partial charge in [-0.05, 0) is 17.5 Å². The largest absolute Gasteiger partial charge is 0.411 e. The first-order valence-electron chi connectivity index (χ1n) is 5.18. The summed E-state index contributed by atoms with van der Waals surface area (Å²) in [5, 5.41) is 2.38. The standard InChI is InChI=1S/C11H10F3NO2S/c12-11(13,14)7-17-5-4-15-3-1-9-8(10(15)16)2-6-18-9/h1-3,6H,4-5,7H2. The zero-order valence-electron chi connectivity index (χ0n) is 9.24. The fourth-order valence-electron chi connectivity index (χ4n) is 1.53. The molecule has 0 N–H and O–H groups in total. The number of aromatic nitrogens is 1. The lowest BCUT2D eigenvalue weighted by Crippen LogP contribution is -2.23. The lowest BCUT2D eigenvalue weighted by Gasteiger charge is -2.09. The molecule has 2 rings (SSSR count). The smallest absolute Gasteiger partial charge is 0.370 e. The van der Waals surface area contributed by atoms with E-state index in [9.17, 15) is 18.0 Å². The van der Waals surface area contributed by atoms with E-state index in [2.05, 4.69) is 4.74 Å². The number of hydrogen-bond donors (Lipinski definition) is 0. The summed E-state index contributed by atoms with van der Waals surface area (Å²) in [6.07, 6.45) is -2.76. The zero-order chi connectivity index (χ0) is 13.2. The van der Waals surface area contributed by atoms with Crippen LogP contribution >= 0.6 is 11.3 Å². The minimum atomic E-state index is -4.33. The molecular formula is C11H10F3NO2S. The highest BCUT2D eigenvalue weighted by atomic mass is 32.1. The Morgan fingerprint density at radius 1 is 1.33 bits per heavy atom. The van der Waals surface area contributed by atoms with Crippen LogP contribution in [-0.4, -0.2) is 24.0 Å². The van der Waals surface area contributed by atoms with Crippen molar-refractivity contribution < 1.29 is 17.9 Å². The van der Waals surface area contributed by atoms with Gasteiger partial charge in [-0.3, -0.25) is 4.79 Å². The monoisotopic (exact) mass is 277 g/mol.